The van der Waals surface area contributed by atoms with E-state index in [4.69, 9.17) is 22.7 Å². The summed E-state index contributed by atoms with van der Waals surface area (Å²) < 4.78 is 4.69. The van der Waals surface area contributed by atoms with Crippen molar-refractivity contribution in [2.75, 3.05) is 39.8 Å². The number of piperazine rings is 1. The second-order valence-corrected chi connectivity index (χ2v) is 5.73. The highest BCUT2D eigenvalue weighted by Gasteiger charge is 2.17. The number of carbonyl (C=O) groups excluding carboxylic acids is 1. The summed E-state index contributed by atoms with van der Waals surface area (Å²) in [5, 5.41) is 0. The fraction of sp³-hybridized carbons (Fsp3) is 0.467. The topological polar surface area (TPSA) is 58.8 Å². The standard InChI is InChI=1S/C15H21N3O2S/c1-20-15(19)13-4-2-12(3-5-13)10-17-6-8-18(9-7-17)11-14(16)21/h2-5H,6-11H2,1H3,(H2,16,21). The fourth-order valence-corrected chi connectivity index (χ4v) is 2.63. The number of hydrogen-bond donors (Lipinski definition) is 1. The molecule has 0 spiro atoms. The first-order valence-electron chi connectivity index (χ1n) is 6.99. The number of benzene rings is 1. The summed E-state index contributed by atoms with van der Waals surface area (Å²) in [7, 11) is 1.39. The van der Waals surface area contributed by atoms with E-state index in [-0.39, 0.29) is 5.97 Å². The Balaban J connectivity index is 1.83. The van der Waals surface area contributed by atoms with Crippen molar-refractivity contribution in [1.82, 2.24) is 9.80 Å². The quantitative estimate of drug-likeness (QED) is 0.644. The molecular formula is C15H21N3O2S. The summed E-state index contributed by atoms with van der Waals surface area (Å²) in [6.45, 7) is 5.57. The molecule has 1 aliphatic rings. The van der Waals surface area contributed by atoms with E-state index in [1.165, 1.54) is 12.7 Å². The van der Waals surface area contributed by atoms with Gasteiger partial charge in [0.25, 0.3) is 0 Å². The van der Waals surface area contributed by atoms with Crippen LogP contribution >= 0.6 is 12.2 Å². The Morgan fingerprint density at radius 3 is 2.29 bits per heavy atom. The molecule has 0 unspecified atom stereocenters. The number of nitrogens with zero attached hydrogens (tertiary/aromatic N) is 2. The van der Waals surface area contributed by atoms with E-state index in [1.54, 1.807) is 0 Å². The van der Waals surface area contributed by atoms with E-state index in [0.29, 0.717) is 17.1 Å². The van der Waals surface area contributed by atoms with Crippen molar-refractivity contribution in [3.05, 3.63) is 35.4 Å². The van der Waals surface area contributed by atoms with E-state index >= 15 is 0 Å². The van der Waals surface area contributed by atoms with Crippen LogP contribution in [0.5, 0.6) is 0 Å². The Morgan fingerprint density at radius 1 is 1.19 bits per heavy atom. The molecule has 1 saturated heterocycles. The Morgan fingerprint density at radius 2 is 1.76 bits per heavy atom. The second-order valence-electron chi connectivity index (χ2n) is 5.21. The van der Waals surface area contributed by atoms with E-state index in [9.17, 15) is 4.79 Å². The van der Waals surface area contributed by atoms with Gasteiger partial charge in [-0.1, -0.05) is 24.4 Å². The number of carbonyl (C=O) groups is 1. The van der Waals surface area contributed by atoms with Gasteiger partial charge in [0.05, 0.1) is 17.7 Å². The van der Waals surface area contributed by atoms with Gasteiger partial charge >= 0.3 is 5.97 Å². The van der Waals surface area contributed by atoms with Crippen molar-refractivity contribution >= 4 is 23.2 Å². The van der Waals surface area contributed by atoms with E-state index in [0.717, 1.165) is 32.7 Å². The lowest BCUT2D eigenvalue weighted by molar-refractivity contribution is 0.0600. The maximum Gasteiger partial charge on any atom is 0.337 e. The van der Waals surface area contributed by atoms with Gasteiger partial charge in [-0.25, -0.2) is 4.79 Å². The van der Waals surface area contributed by atoms with Crippen molar-refractivity contribution < 1.29 is 9.53 Å². The van der Waals surface area contributed by atoms with Gasteiger partial charge in [-0.3, -0.25) is 9.80 Å². The van der Waals surface area contributed by atoms with Gasteiger partial charge in [0.1, 0.15) is 0 Å². The first kappa shape index (κ1) is 15.9. The van der Waals surface area contributed by atoms with Gasteiger partial charge in [0, 0.05) is 39.3 Å². The molecule has 1 aliphatic heterocycles. The highest BCUT2D eigenvalue weighted by molar-refractivity contribution is 7.80. The van der Waals surface area contributed by atoms with Gasteiger partial charge in [0.15, 0.2) is 0 Å². The average molecular weight is 307 g/mol. The Labute approximate surface area is 130 Å². The monoisotopic (exact) mass is 307 g/mol. The van der Waals surface area contributed by atoms with Crippen LogP contribution in [0.15, 0.2) is 24.3 Å². The number of hydrogen-bond acceptors (Lipinski definition) is 5. The third kappa shape index (κ3) is 4.77. The molecule has 1 heterocycles. The molecule has 1 aromatic carbocycles. The van der Waals surface area contributed by atoms with E-state index in [2.05, 4.69) is 9.80 Å². The predicted octanol–water partition coefficient (Wildman–Crippen LogP) is 0.877. The fourth-order valence-electron chi connectivity index (χ4n) is 2.45. The molecule has 1 aromatic rings. The Hall–Kier alpha value is -1.50. The van der Waals surface area contributed by atoms with Crippen molar-refractivity contribution in [1.29, 1.82) is 0 Å². The maximum atomic E-state index is 11.4. The normalized spacial score (nSPS) is 16.6. The van der Waals surface area contributed by atoms with Crippen molar-refractivity contribution in [3.63, 3.8) is 0 Å². The first-order valence-corrected chi connectivity index (χ1v) is 7.39. The zero-order chi connectivity index (χ0) is 15.2. The highest BCUT2D eigenvalue weighted by atomic mass is 32.1. The van der Waals surface area contributed by atoms with Crippen LogP contribution < -0.4 is 5.73 Å². The molecule has 5 nitrogen and oxygen atoms in total. The number of rotatable bonds is 5. The van der Waals surface area contributed by atoms with Crippen LogP contribution in [-0.4, -0.2) is 60.6 Å². The number of ether oxygens (including phenoxy) is 1. The average Bonchev–Trinajstić information content (AvgIpc) is 2.49. The van der Waals surface area contributed by atoms with Crippen LogP contribution in [-0.2, 0) is 11.3 Å². The molecule has 2 N–H and O–H groups in total. The molecule has 21 heavy (non-hydrogen) atoms. The van der Waals surface area contributed by atoms with Crippen LogP contribution in [0.1, 0.15) is 15.9 Å². The van der Waals surface area contributed by atoms with E-state index in [1.807, 2.05) is 24.3 Å². The van der Waals surface area contributed by atoms with Crippen LogP contribution in [0.3, 0.4) is 0 Å². The molecule has 0 radical (unpaired) electrons. The number of nitrogens with two attached hydrogens (primary N) is 1. The van der Waals surface area contributed by atoms with Crippen LogP contribution in [0.4, 0.5) is 0 Å². The molecule has 114 valence electrons. The first-order chi connectivity index (χ1) is 10.1. The minimum absolute atomic E-state index is 0.298. The smallest absolute Gasteiger partial charge is 0.337 e. The number of esters is 1. The summed E-state index contributed by atoms with van der Waals surface area (Å²) in [5.74, 6) is -0.298. The van der Waals surface area contributed by atoms with E-state index < -0.39 is 0 Å². The van der Waals surface area contributed by atoms with Crippen molar-refractivity contribution in [2.24, 2.45) is 5.73 Å². The van der Waals surface area contributed by atoms with Crippen molar-refractivity contribution in [2.45, 2.75) is 6.54 Å². The number of thiocarbonyl (C=S) groups is 1. The molecule has 0 aromatic heterocycles. The zero-order valence-corrected chi connectivity index (χ0v) is 13.1. The second kappa shape index (κ2) is 7.49. The largest absolute Gasteiger partial charge is 0.465 e. The maximum absolute atomic E-state index is 11.4. The number of methoxy groups -OCH3 is 1. The Kier molecular flexibility index (Phi) is 5.67. The summed E-state index contributed by atoms with van der Waals surface area (Å²) in [6.07, 6.45) is 0. The van der Waals surface area contributed by atoms with Gasteiger partial charge < -0.3 is 10.5 Å². The van der Waals surface area contributed by atoms with Gasteiger partial charge in [-0.2, -0.15) is 0 Å². The lowest BCUT2D eigenvalue weighted by Gasteiger charge is -2.34. The van der Waals surface area contributed by atoms with Gasteiger partial charge in [-0.15, -0.1) is 0 Å². The summed E-state index contributed by atoms with van der Waals surface area (Å²) in [5.41, 5.74) is 7.36. The van der Waals surface area contributed by atoms with Gasteiger partial charge in [0.2, 0.25) is 0 Å². The molecule has 6 heteroatoms. The van der Waals surface area contributed by atoms with Crippen molar-refractivity contribution in [3.8, 4) is 0 Å². The molecule has 0 aliphatic carbocycles. The zero-order valence-electron chi connectivity index (χ0n) is 12.2. The van der Waals surface area contributed by atoms with Crippen LogP contribution in [0, 0.1) is 0 Å². The SMILES string of the molecule is COC(=O)c1ccc(CN2CCN(CC(N)=S)CC2)cc1. The molecule has 1 fully saturated rings. The third-order valence-electron chi connectivity index (χ3n) is 3.63. The minimum Gasteiger partial charge on any atom is -0.465 e. The predicted molar refractivity (Wildman–Crippen MR) is 86.3 cm³/mol. The molecule has 2 rings (SSSR count). The van der Waals surface area contributed by atoms with Crippen LogP contribution in [0.2, 0.25) is 0 Å². The minimum atomic E-state index is -0.298. The molecular weight excluding hydrogens is 286 g/mol. The molecule has 0 saturated carbocycles. The van der Waals surface area contributed by atoms with Gasteiger partial charge in [-0.05, 0) is 17.7 Å². The van der Waals surface area contributed by atoms with Crippen LogP contribution in [0.25, 0.3) is 0 Å². The Bertz CT molecular complexity index is 496. The summed E-state index contributed by atoms with van der Waals surface area (Å²) >= 11 is 4.94. The molecule has 0 amide bonds. The summed E-state index contributed by atoms with van der Waals surface area (Å²) in [6, 6.07) is 7.58. The molecule has 0 bridgehead atoms. The molecule has 0 atom stereocenters. The lowest BCUT2D eigenvalue weighted by Crippen LogP contribution is -2.48. The summed E-state index contributed by atoms with van der Waals surface area (Å²) in [4.78, 5) is 16.6. The lowest BCUT2D eigenvalue weighted by atomic mass is 10.1. The highest BCUT2D eigenvalue weighted by Crippen LogP contribution is 2.10. The third-order valence-corrected chi connectivity index (χ3v) is 3.75.